The Hall–Kier alpha value is -3.07. The van der Waals surface area contributed by atoms with Crippen molar-refractivity contribution >= 4 is 23.3 Å². The molecule has 0 radical (unpaired) electrons. The maximum absolute atomic E-state index is 12.7. The molecular weight excluding hydrogens is 403 g/mol. The van der Waals surface area contributed by atoms with Crippen LogP contribution in [0.1, 0.15) is 23.5 Å². The molecule has 2 aromatic rings. The topological polar surface area (TPSA) is 89.7 Å². The number of rotatable bonds is 7. The number of nitro benzene ring substituents is 1. The zero-order chi connectivity index (χ0) is 21.1. The summed E-state index contributed by atoms with van der Waals surface area (Å²) in [6, 6.07) is 5.86. The first kappa shape index (κ1) is 21.2. The van der Waals surface area contributed by atoms with Gasteiger partial charge < -0.3 is 9.84 Å². The number of benzene rings is 2. The van der Waals surface area contributed by atoms with E-state index in [0.29, 0.717) is 6.07 Å². The van der Waals surface area contributed by atoms with Crippen molar-refractivity contribution in [1.82, 2.24) is 0 Å². The number of carbonyl (C=O) groups is 1. The zero-order valence-electron chi connectivity index (χ0n) is 14.1. The predicted molar refractivity (Wildman–Crippen MR) is 94.8 cm³/mol. The van der Waals surface area contributed by atoms with Gasteiger partial charge in [-0.3, -0.25) is 14.9 Å². The monoisotopic (exact) mass is 415 g/mol. The van der Waals surface area contributed by atoms with Crippen LogP contribution in [0.3, 0.4) is 0 Å². The SMILES string of the molecule is C=CCC(C(=O)O)c1cc(Oc2ccc(C(F)(F)F)cc2Cl)ccc1[N+](=O)[O-]. The summed E-state index contributed by atoms with van der Waals surface area (Å²) in [5, 5.41) is 20.3. The lowest BCUT2D eigenvalue weighted by atomic mass is 9.94. The van der Waals surface area contributed by atoms with Crippen molar-refractivity contribution < 1.29 is 32.7 Å². The number of ether oxygens (including phenoxy) is 1. The molecular formula is C18H13ClF3NO5. The molecule has 148 valence electrons. The minimum Gasteiger partial charge on any atom is -0.481 e. The Morgan fingerprint density at radius 1 is 1.32 bits per heavy atom. The molecule has 0 fully saturated rings. The summed E-state index contributed by atoms with van der Waals surface area (Å²) in [4.78, 5) is 22.0. The quantitative estimate of drug-likeness (QED) is 0.350. The van der Waals surface area contributed by atoms with Crippen molar-refractivity contribution in [2.45, 2.75) is 18.5 Å². The van der Waals surface area contributed by atoms with Gasteiger partial charge in [0.25, 0.3) is 5.69 Å². The molecule has 0 saturated heterocycles. The molecule has 6 nitrogen and oxygen atoms in total. The van der Waals surface area contributed by atoms with Gasteiger partial charge in [-0.15, -0.1) is 6.58 Å². The van der Waals surface area contributed by atoms with E-state index in [1.807, 2.05) is 0 Å². The molecule has 1 N–H and O–H groups in total. The van der Waals surface area contributed by atoms with Crippen molar-refractivity contribution in [1.29, 1.82) is 0 Å². The highest BCUT2D eigenvalue weighted by Gasteiger charge is 2.31. The second-order valence-electron chi connectivity index (χ2n) is 5.64. The van der Waals surface area contributed by atoms with Gasteiger partial charge in [-0.2, -0.15) is 13.2 Å². The second kappa shape index (κ2) is 8.30. The van der Waals surface area contributed by atoms with Crippen molar-refractivity contribution in [2.24, 2.45) is 0 Å². The van der Waals surface area contributed by atoms with Crippen molar-refractivity contribution in [3.8, 4) is 11.5 Å². The lowest BCUT2D eigenvalue weighted by molar-refractivity contribution is -0.385. The molecule has 0 aliphatic heterocycles. The Morgan fingerprint density at radius 2 is 2.00 bits per heavy atom. The number of alkyl halides is 3. The number of aliphatic carboxylic acids is 1. The number of hydrogen-bond acceptors (Lipinski definition) is 4. The van der Waals surface area contributed by atoms with Crippen LogP contribution in [0.5, 0.6) is 11.5 Å². The fraction of sp³-hybridized carbons (Fsp3) is 0.167. The molecule has 0 spiro atoms. The molecule has 0 saturated carbocycles. The standard InChI is InChI=1S/C18H13ClF3NO5/c1-2-3-12(17(24)25)13-9-11(5-6-15(13)23(26)27)28-16-7-4-10(8-14(16)19)18(20,21)22/h2,4-9,12H,1,3H2,(H,24,25). The Kier molecular flexibility index (Phi) is 6.30. The molecule has 0 heterocycles. The Balaban J connectivity index is 2.45. The first-order valence-corrected chi connectivity index (χ1v) is 8.09. The van der Waals surface area contributed by atoms with Gasteiger partial charge >= 0.3 is 12.1 Å². The zero-order valence-corrected chi connectivity index (χ0v) is 14.8. The summed E-state index contributed by atoms with van der Waals surface area (Å²) in [5.41, 5.74) is -1.52. The minimum absolute atomic E-state index is 0.0161. The minimum atomic E-state index is -4.58. The van der Waals surface area contributed by atoms with Crippen LogP contribution in [0.25, 0.3) is 0 Å². The number of allylic oxidation sites excluding steroid dienone is 1. The van der Waals surface area contributed by atoms with Crippen molar-refractivity contribution in [3.05, 3.63) is 75.3 Å². The van der Waals surface area contributed by atoms with Gasteiger partial charge in [-0.25, -0.2) is 0 Å². The van der Waals surface area contributed by atoms with Gasteiger partial charge in [0.15, 0.2) is 0 Å². The van der Waals surface area contributed by atoms with Crippen LogP contribution in [0.2, 0.25) is 5.02 Å². The van der Waals surface area contributed by atoms with Crippen LogP contribution in [0.4, 0.5) is 18.9 Å². The van der Waals surface area contributed by atoms with Gasteiger partial charge in [0.1, 0.15) is 11.5 Å². The molecule has 1 unspecified atom stereocenters. The average Bonchev–Trinajstić information content (AvgIpc) is 2.60. The summed E-state index contributed by atoms with van der Waals surface area (Å²) < 4.78 is 43.5. The second-order valence-corrected chi connectivity index (χ2v) is 6.05. The van der Waals surface area contributed by atoms with Crippen LogP contribution in [-0.4, -0.2) is 16.0 Å². The van der Waals surface area contributed by atoms with E-state index in [0.717, 1.165) is 24.3 Å². The Bertz CT molecular complexity index is 930. The number of nitrogens with zero attached hydrogens (tertiary/aromatic N) is 1. The van der Waals surface area contributed by atoms with E-state index in [2.05, 4.69) is 6.58 Å². The molecule has 1 atom stereocenters. The lowest BCUT2D eigenvalue weighted by Crippen LogP contribution is -2.13. The van der Waals surface area contributed by atoms with Crippen LogP contribution in [0.15, 0.2) is 49.1 Å². The highest BCUT2D eigenvalue weighted by molar-refractivity contribution is 6.32. The van der Waals surface area contributed by atoms with E-state index in [4.69, 9.17) is 16.3 Å². The van der Waals surface area contributed by atoms with Crippen molar-refractivity contribution in [3.63, 3.8) is 0 Å². The largest absolute Gasteiger partial charge is 0.481 e. The predicted octanol–water partition coefficient (Wildman–Crippen LogP) is 5.80. The van der Waals surface area contributed by atoms with Crippen LogP contribution < -0.4 is 4.74 Å². The molecule has 0 bridgehead atoms. The number of carboxylic acids is 1. The number of carboxylic acid groups (broad SMARTS) is 1. The average molecular weight is 416 g/mol. The Labute approximate surface area is 162 Å². The third kappa shape index (κ3) is 4.80. The highest BCUT2D eigenvalue weighted by atomic mass is 35.5. The van der Waals surface area contributed by atoms with Gasteiger partial charge in [-0.1, -0.05) is 17.7 Å². The highest BCUT2D eigenvalue weighted by Crippen LogP contribution is 2.38. The van der Waals surface area contributed by atoms with Crippen LogP contribution >= 0.6 is 11.6 Å². The third-order valence-corrected chi connectivity index (χ3v) is 4.05. The van der Waals surface area contributed by atoms with Gasteiger partial charge in [0.05, 0.1) is 21.4 Å². The molecule has 28 heavy (non-hydrogen) atoms. The number of hydrogen-bond donors (Lipinski definition) is 1. The summed E-state index contributed by atoms with van der Waals surface area (Å²) in [6.07, 6.45) is -3.34. The summed E-state index contributed by atoms with van der Waals surface area (Å²) in [5.74, 6) is -2.68. The first-order valence-electron chi connectivity index (χ1n) is 7.71. The lowest BCUT2D eigenvalue weighted by Gasteiger charge is -2.14. The van der Waals surface area contributed by atoms with E-state index in [-0.39, 0.29) is 28.5 Å². The van der Waals surface area contributed by atoms with E-state index >= 15 is 0 Å². The third-order valence-electron chi connectivity index (χ3n) is 3.76. The molecule has 0 aromatic heterocycles. The van der Waals surface area contributed by atoms with Crippen LogP contribution in [-0.2, 0) is 11.0 Å². The van der Waals surface area contributed by atoms with E-state index in [1.54, 1.807) is 0 Å². The van der Waals surface area contributed by atoms with E-state index in [1.165, 1.54) is 12.1 Å². The van der Waals surface area contributed by atoms with E-state index < -0.39 is 34.2 Å². The van der Waals surface area contributed by atoms with Gasteiger partial charge in [-0.05, 0) is 36.8 Å². The molecule has 10 heteroatoms. The Morgan fingerprint density at radius 3 is 2.50 bits per heavy atom. The molecule has 2 rings (SSSR count). The fourth-order valence-corrected chi connectivity index (χ4v) is 2.67. The van der Waals surface area contributed by atoms with Gasteiger partial charge in [0, 0.05) is 11.6 Å². The summed E-state index contributed by atoms with van der Waals surface area (Å²) >= 11 is 5.83. The normalized spacial score (nSPS) is 12.3. The molecule has 0 aliphatic rings. The summed E-state index contributed by atoms with van der Waals surface area (Å²) in [7, 11) is 0. The smallest absolute Gasteiger partial charge is 0.416 e. The van der Waals surface area contributed by atoms with Gasteiger partial charge in [0.2, 0.25) is 0 Å². The number of nitro groups is 1. The summed E-state index contributed by atoms with van der Waals surface area (Å²) in [6.45, 7) is 3.44. The van der Waals surface area contributed by atoms with Crippen LogP contribution in [0, 0.1) is 10.1 Å². The van der Waals surface area contributed by atoms with Crippen molar-refractivity contribution in [2.75, 3.05) is 0 Å². The maximum atomic E-state index is 12.7. The molecule has 2 aromatic carbocycles. The molecule has 0 amide bonds. The fourth-order valence-electron chi connectivity index (χ4n) is 2.46. The first-order chi connectivity index (χ1) is 13.0. The maximum Gasteiger partial charge on any atom is 0.416 e. The molecule has 0 aliphatic carbocycles. The number of halogens is 4. The van der Waals surface area contributed by atoms with E-state index in [9.17, 15) is 33.2 Å².